The van der Waals surface area contributed by atoms with Crippen molar-refractivity contribution in [1.82, 2.24) is 29.9 Å². The number of aromatic nitrogens is 6. The minimum absolute atomic E-state index is 0. The predicted octanol–water partition coefficient (Wildman–Crippen LogP) is 0.404. The number of aryl methyl sites for hydroxylation is 2. The lowest BCUT2D eigenvalue weighted by atomic mass is 10.2. The van der Waals surface area contributed by atoms with Crippen LogP contribution in [0, 0.1) is 13.8 Å². The third-order valence-corrected chi connectivity index (χ3v) is 6.35. The number of likely N-dealkylation sites (N-methyl/N-ethyl adjacent to an activating group) is 1. The minimum atomic E-state index is 0. The summed E-state index contributed by atoms with van der Waals surface area (Å²) in [6, 6.07) is 11.7. The first-order valence-corrected chi connectivity index (χ1v) is 11.6. The SMILES string of the molecule is CCN(CC)CCOc1ccc(-c2nn(-c3cccnc3)[n+](-c3nc(C)c(C)s3)n2)cc1.[Br-]. The average molecular weight is 530 g/mol. The van der Waals surface area contributed by atoms with Gasteiger partial charge in [-0.2, -0.15) is 0 Å². The normalized spacial score (nSPS) is 10.9. The van der Waals surface area contributed by atoms with Gasteiger partial charge in [0.05, 0.1) is 6.20 Å². The first kappa shape index (κ1) is 24.9. The molecule has 0 spiro atoms. The highest BCUT2D eigenvalue weighted by molar-refractivity contribution is 7.13. The topological polar surface area (TPSA) is 72.8 Å². The zero-order chi connectivity index (χ0) is 22.5. The zero-order valence-electron chi connectivity index (χ0n) is 19.3. The molecule has 10 heteroatoms. The summed E-state index contributed by atoms with van der Waals surface area (Å²) in [5.41, 5.74) is 2.71. The van der Waals surface area contributed by atoms with Gasteiger partial charge in [-0.3, -0.25) is 4.98 Å². The smallest absolute Gasteiger partial charge is 0.364 e. The number of hydrogen-bond acceptors (Lipinski definition) is 7. The van der Waals surface area contributed by atoms with Crippen molar-refractivity contribution in [2.24, 2.45) is 0 Å². The molecule has 4 rings (SSSR count). The molecule has 174 valence electrons. The Balaban J connectivity index is 0.00000306. The molecule has 3 aromatic heterocycles. The third kappa shape index (κ3) is 5.82. The van der Waals surface area contributed by atoms with Crippen LogP contribution >= 0.6 is 11.3 Å². The Kier molecular flexibility index (Phi) is 8.65. The highest BCUT2D eigenvalue weighted by atomic mass is 79.9. The van der Waals surface area contributed by atoms with Gasteiger partial charge in [-0.1, -0.05) is 30.2 Å². The molecule has 3 heterocycles. The van der Waals surface area contributed by atoms with Gasteiger partial charge in [-0.15, -0.1) is 0 Å². The summed E-state index contributed by atoms with van der Waals surface area (Å²) in [5, 5.41) is 10.3. The lowest BCUT2D eigenvalue weighted by Gasteiger charge is -2.17. The zero-order valence-corrected chi connectivity index (χ0v) is 21.7. The third-order valence-electron chi connectivity index (χ3n) is 5.31. The molecule has 0 aliphatic rings. The summed E-state index contributed by atoms with van der Waals surface area (Å²) < 4.78 is 5.91. The van der Waals surface area contributed by atoms with E-state index in [2.05, 4.69) is 35.6 Å². The van der Waals surface area contributed by atoms with Crippen LogP contribution in [0.4, 0.5) is 0 Å². The van der Waals surface area contributed by atoms with Crippen LogP contribution in [0.3, 0.4) is 0 Å². The number of rotatable bonds is 9. The molecule has 0 unspecified atom stereocenters. The van der Waals surface area contributed by atoms with Gasteiger partial charge in [-0.25, -0.2) is 0 Å². The molecule has 0 aliphatic carbocycles. The molecule has 0 atom stereocenters. The Hall–Kier alpha value is -2.69. The van der Waals surface area contributed by atoms with Crippen molar-refractivity contribution in [3.05, 3.63) is 59.4 Å². The molecule has 0 bridgehead atoms. The van der Waals surface area contributed by atoms with Crippen LogP contribution in [-0.4, -0.2) is 56.1 Å². The fourth-order valence-electron chi connectivity index (χ4n) is 3.24. The Morgan fingerprint density at radius 2 is 1.85 bits per heavy atom. The van der Waals surface area contributed by atoms with Gasteiger partial charge in [-0.05, 0) is 78.0 Å². The Labute approximate surface area is 208 Å². The molecular formula is C23H28BrN7OS. The van der Waals surface area contributed by atoms with E-state index in [1.54, 1.807) is 33.3 Å². The maximum atomic E-state index is 5.91. The number of pyridine rings is 1. The highest BCUT2D eigenvalue weighted by Gasteiger charge is 2.25. The molecule has 0 radical (unpaired) electrons. The molecule has 0 saturated carbocycles. The van der Waals surface area contributed by atoms with Crippen molar-refractivity contribution < 1.29 is 26.5 Å². The van der Waals surface area contributed by atoms with Crippen LogP contribution in [-0.2, 0) is 0 Å². The Bertz CT molecular complexity index is 1140. The molecule has 0 amide bonds. The van der Waals surface area contributed by atoms with Gasteiger partial charge in [0.2, 0.25) is 0 Å². The van der Waals surface area contributed by atoms with E-state index >= 15 is 0 Å². The maximum Gasteiger partial charge on any atom is 0.364 e. The molecule has 8 nitrogen and oxygen atoms in total. The van der Waals surface area contributed by atoms with Crippen molar-refractivity contribution in [3.63, 3.8) is 0 Å². The first-order chi connectivity index (χ1) is 15.6. The van der Waals surface area contributed by atoms with Crippen LogP contribution in [0.15, 0.2) is 48.8 Å². The van der Waals surface area contributed by atoms with Crippen LogP contribution < -0.4 is 26.5 Å². The quantitative estimate of drug-likeness (QED) is 0.292. The van der Waals surface area contributed by atoms with E-state index in [9.17, 15) is 0 Å². The van der Waals surface area contributed by atoms with Gasteiger partial charge < -0.3 is 26.6 Å². The fourth-order valence-corrected chi connectivity index (χ4v) is 4.09. The highest BCUT2D eigenvalue weighted by Crippen LogP contribution is 2.21. The molecule has 1 aromatic carbocycles. The average Bonchev–Trinajstić information content (AvgIpc) is 3.41. The van der Waals surface area contributed by atoms with Gasteiger partial charge in [0.25, 0.3) is 5.82 Å². The molecule has 0 aliphatic heterocycles. The first-order valence-electron chi connectivity index (χ1n) is 10.8. The summed E-state index contributed by atoms with van der Waals surface area (Å²) in [5.74, 6) is 1.45. The second kappa shape index (κ2) is 11.4. The minimum Gasteiger partial charge on any atom is -1.00 e. The predicted molar refractivity (Wildman–Crippen MR) is 125 cm³/mol. The van der Waals surface area contributed by atoms with Gasteiger partial charge >= 0.3 is 5.13 Å². The van der Waals surface area contributed by atoms with Crippen molar-refractivity contribution in [3.8, 4) is 28.0 Å². The number of nitrogens with zero attached hydrogens (tertiary/aromatic N) is 7. The van der Waals surface area contributed by atoms with Crippen LogP contribution in [0.25, 0.3) is 22.2 Å². The lowest BCUT2D eigenvalue weighted by molar-refractivity contribution is -0.734. The largest absolute Gasteiger partial charge is 1.00 e. The van der Waals surface area contributed by atoms with Crippen molar-refractivity contribution in [2.75, 3.05) is 26.2 Å². The Morgan fingerprint density at radius 3 is 2.45 bits per heavy atom. The number of tetrazole rings is 1. The second-order valence-corrected chi connectivity index (χ2v) is 8.53. The molecule has 4 aromatic rings. The summed E-state index contributed by atoms with van der Waals surface area (Å²) in [6.45, 7) is 12.0. The maximum absolute atomic E-state index is 5.91. The number of benzene rings is 1. The summed E-state index contributed by atoms with van der Waals surface area (Å²) >= 11 is 1.59. The monoisotopic (exact) mass is 529 g/mol. The van der Waals surface area contributed by atoms with E-state index in [0.29, 0.717) is 12.4 Å². The van der Waals surface area contributed by atoms with E-state index in [1.807, 2.05) is 43.3 Å². The van der Waals surface area contributed by atoms with E-state index in [1.165, 1.54) is 0 Å². The molecule has 33 heavy (non-hydrogen) atoms. The Morgan fingerprint density at radius 1 is 1.09 bits per heavy atom. The number of ether oxygens (including phenoxy) is 1. The van der Waals surface area contributed by atoms with E-state index in [4.69, 9.17) is 14.9 Å². The molecule has 0 N–H and O–H groups in total. The molecule has 0 saturated heterocycles. The molecular weight excluding hydrogens is 502 g/mol. The molecule has 0 fully saturated rings. The number of hydrogen-bond donors (Lipinski definition) is 0. The van der Waals surface area contributed by atoms with Gasteiger partial charge in [0.1, 0.15) is 23.7 Å². The van der Waals surface area contributed by atoms with Crippen molar-refractivity contribution in [2.45, 2.75) is 27.7 Å². The number of halogens is 1. The number of thiazole rings is 1. The van der Waals surface area contributed by atoms with E-state index < -0.39 is 0 Å². The van der Waals surface area contributed by atoms with Crippen LogP contribution in [0.2, 0.25) is 0 Å². The van der Waals surface area contributed by atoms with E-state index in [-0.39, 0.29) is 17.0 Å². The summed E-state index contributed by atoms with van der Waals surface area (Å²) in [4.78, 5) is 15.8. The van der Waals surface area contributed by atoms with Gasteiger partial charge in [0.15, 0.2) is 0 Å². The van der Waals surface area contributed by atoms with Crippen LogP contribution in [0.5, 0.6) is 5.75 Å². The van der Waals surface area contributed by atoms with Crippen LogP contribution in [0.1, 0.15) is 24.4 Å². The summed E-state index contributed by atoms with van der Waals surface area (Å²) in [7, 11) is 0. The van der Waals surface area contributed by atoms with Crippen molar-refractivity contribution in [1.29, 1.82) is 0 Å². The summed E-state index contributed by atoms with van der Waals surface area (Å²) in [6.07, 6.45) is 3.50. The van der Waals surface area contributed by atoms with E-state index in [0.717, 1.165) is 52.3 Å². The lowest BCUT2D eigenvalue weighted by Crippen LogP contribution is -3.00. The standard InChI is InChI=1S/C23H28N7OS.BrH/c1-5-28(6-2)14-15-31-21-11-9-19(10-12-21)22-26-29(20-8-7-13-24-16-20)30(27-22)23-25-17(3)18(4)32-23;/h7-13,16H,5-6,14-15H2,1-4H3;1H/q+1;/p-1. The second-order valence-electron chi connectivity index (χ2n) is 7.35. The van der Waals surface area contributed by atoms with Gasteiger partial charge in [0, 0.05) is 28.3 Å². The fraction of sp³-hybridized carbons (Fsp3) is 0.348. The van der Waals surface area contributed by atoms with Crippen molar-refractivity contribution >= 4 is 11.3 Å².